The molecule has 6 nitrogen and oxygen atoms in total. The molecule has 2 atom stereocenters. The zero-order valence-electron chi connectivity index (χ0n) is 12.9. The summed E-state index contributed by atoms with van der Waals surface area (Å²) >= 11 is 0. The van der Waals surface area contributed by atoms with Crippen molar-refractivity contribution in [3.63, 3.8) is 0 Å². The van der Waals surface area contributed by atoms with Crippen LogP contribution in [0.2, 0.25) is 0 Å². The Kier molecular flexibility index (Phi) is 3.95. The summed E-state index contributed by atoms with van der Waals surface area (Å²) < 4.78 is 44.6. The van der Waals surface area contributed by atoms with Gasteiger partial charge in [0, 0.05) is 12.6 Å². The maximum absolute atomic E-state index is 13.1. The van der Waals surface area contributed by atoms with E-state index >= 15 is 0 Å². The van der Waals surface area contributed by atoms with Gasteiger partial charge in [-0.1, -0.05) is 12.8 Å². The Hall–Kier alpha value is -1.31. The minimum Gasteiger partial charge on any atom is -0.486 e. The molecule has 1 aliphatic carbocycles. The number of rotatable bonds is 2. The van der Waals surface area contributed by atoms with Crippen LogP contribution < -0.4 is 9.47 Å². The number of morpholine rings is 1. The molecular formula is C16H21NO5S. The van der Waals surface area contributed by atoms with E-state index in [2.05, 4.69) is 0 Å². The Labute approximate surface area is 136 Å². The van der Waals surface area contributed by atoms with Crippen molar-refractivity contribution in [3.05, 3.63) is 18.2 Å². The lowest BCUT2D eigenvalue weighted by Crippen LogP contribution is -2.54. The topological polar surface area (TPSA) is 65.1 Å². The lowest BCUT2D eigenvalue weighted by atomic mass is 9.91. The van der Waals surface area contributed by atoms with E-state index in [0.717, 1.165) is 25.7 Å². The zero-order chi connectivity index (χ0) is 15.9. The molecule has 0 unspecified atom stereocenters. The van der Waals surface area contributed by atoms with E-state index < -0.39 is 10.0 Å². The Balaban J connectivity index is 1.66. The van der Waals surface area contributed by atoms with E-state index in [-0.39, 0.29) is 17.0 Å². The highest BCUT2D eigenvalue weighted by Gasteiger charge is 2.41. The van der Waals surface area contributed by atoms with Crippen LogP contribution in [0.3, 0.4) is 0 Å². The third-order valence-electron chi connectivity index (χ3n) is 4.80. The maximum atomic E-state index is 13.1. The van der Waals surface area contributed by atoms with Crippen molar-refractivity contribution >= 4 is 10.0 Å². The highest BCUT2D eigenvalue weighted by molar-refractivity contribution is 7.89. The number of hydrogen-bond donors (Lipinski definition) is 0. The van der Waals surface area contributed by atoms with E-state index in [0.29, 0.717) is 37.9 Å². The van der Waals surface area contributed by atoms with Crippen molar-refractivity contribution in [2.24, 2.45) is 0 Å². The van der Waals surface area contributed by atoms with Crippen LogP contribution in [0.4, 0.5) is 0 Å². The molecule has 0 radical (unpaired) electrons. The smallest absolute Gasteiger partial charge is 0.243 e. The molecular weight excluding hydrogens is 318 g/mol. The molecule has 3 aliphatic rings. The molecule has 126 valence electrons. The molecule has 2 heterocycles. The molecule has 0 N–H and O–H groups in total. The second-order valence-corrected chi connectivity index (χ2v) is 8.07. The molecule has 1 aromatic carbocycles. The normalized spacial score (nSPS) is 28.2. The molecule has 1 aromatic rings. The van der Waals surface area contributed by atoms with Gasteiger partial charge in [0.05, 0.1) is 23.6 Å². The van der Waals surface area contributed by atoms with Gasteiger partial charge in [0.25, 0.3) is 0 Å². The van der Waals surface area contributed by atoms with Gasteiger partial charge < -0.3 is 14.2 Å². The molecule has 1 saturated carbocycles. The fourth-order valence-corrected chi connectivity index (χ4v) is 5.36. The third-order valence-corrected chi connectivity index (χ3v) is 6.72. The van der Waals surface area contributed by atoms with Crippen LogP contribution in [0.25, 0.3) is 0 Å². The SMILES string of the molecule is O=S(=O)(c1ccc2c(c1)OCCO2)N1CCO[C@H]2CCCC[C@@H]21. The molecule has 2 fully saturated rings. The summed E-state index contributed by atoms with van der Waals surface area (Å²) in [7, 11) is -3.55. The monoisotopic (exact) mass is 339 g/mol. The van der Waals surface area contributed by atoms with Crippen molar-refractivity contribution in [3.8, 4) is 11.5 Å². The first kappa shape index (κ1) is 15.2. The van der Waals surface area contributed by atoms with E-state index in [9.17, 15) is 8.42 Å². The Morgan fingerprint density at radius 1 is 1.00 bits per heavy atom. The number of nitrogens with zero attached hydrogens (tertiary/aromatic N) is 1. The number of sulfonamides is 1. The third kappa shape index (κ3) is 2.70. The van der Waals surface area contributed by atoms with Crippen molar-refractivity contribution < 1.29 is 22.6 Å². The minimum atomic E-state index is -3.55. The lowest BCUT2D eigenvalue weighted by molar-refractivity contribution is -0.0586. The zero-order valence-corrected chi connectivity index (χ0v) is 13.8. The summed E-state index contributed by atoms with van der Waals surface area (Å²) in [5, 5.41) is 0. The van der Waals surface area contributed by atoms with Gasteiger partial charge in [-0.25, -0.2) is 8.42 Å². The fourth-order valence-electron chi connectivity index (χ4n) is 3.68. The van der Waals surface area contributed by atoms with Gasteiger partial charge in [0.1, 0.15) is 13.2 Å². The standard InChI is InChI=1S/C16H21NO5S/c18-23(19,12-5-6-15-16(11-12)22-10-9-21-15)17-7-8-20-14-4-2-1-3-13(14)17/h5-6,11,13-14H,1-4,7-10H2/t13-,14-/m0/s1. The first-order valence-corrected chi connectivity index (χ1v) is 9.63. The van der Waals surface area contributed by atoms with Gasteiger partial charge in [-0.2, -0.15) is 4.31 Å². The first-order valence-electron chi connectivity index (χ1n) is 8.19. The van der Waals surface area contributed by atoms with Crippen molar-refractivity contribution in [2.45, 2.75) is 42.7 Å². The molecule has 0 bridgehead atoms. The summed E-state index contributed by atoms with van der Waals surface area (Å²) in [5.41, 5.74) is 0. The Bertz CT molecular complexity index is 688. The average Bonchev–Trinajstić information content (AvgIpc) is 2.60. The summed E-state index contributed by atoms with van der Waals surface area (Å²) in [6.45, 7) is 1.81. The predicted molar refractivity (Wildman–Crippen MR) is 83.3 cm³/mol. The molecule has 1 saturated heterocycles. The van der Waals surface area contributed by atoms with Crippen LogP contribution in [-0.4, -0.2) is 51.2 Å². The molecule has 7 heteroatoms. The van der Waals surface area contributed by atoms with Crippen molar-refractivity contribution in [2.75, 3.05) is 26.4 Å². The second-order valence-electron chi connectivity index (χ2n) is 6.18. The molecule has 0 amide bonds. The maximum Gasteiger partial charge on any atom is 0.243 e. The second kappa shape index (κ2) is 5.96. The first-order chi connectivity index (χ1) is 11.2. The number of hydrogen-bond acceptors (Lipinski definition) is 5. The van der Waals surface area contributed by atoms with Crippen LogP contribution in [0.15, 0.2) is 23.1 Å². The highest BCUT2D eigenvalue weighted by atomic mass is 32.2. The molecule has 23 heavy (non-hydrogen) atoms. The number of benzene rings is 1. The van der Waals surface area contributed by atoms with Crippen LogP contribution in [0.5, 0.6) is 11.5 Å². The summed E-state index contributed by atoms with van der Waals surface area (Å²) in [6, 6.07) is 4.82. The Morgan fingerprint density at radius 2 is 1.78 bits per heavy atom. The lowest BCUT2D eigenvalue weighted by Gasteiger charge is -2.42. The van der Waals surface area contributed by atoms with E-state index in [1.165, 1.54) is 0 Å². The van der Waals surface area contributed by atoms with E-state index in [1.807, 2.05) is 0 Å². The molecule has 4 rings (SSSR count). The van der Waals surface area contributed by atoms with Crippen molar-refractivity contribution in [1.82, 2.24) is 4.31 Å². The summed E-state index contributed by atoms with van der Waals surface area (Å²) in [5.74, 6) is 1.11. The van der Waals surface area contributed by atoms with Gasteiger partial charge in [0.15, 0.2) is 11.5 Å². The summed E-state index contributed by atoms with van der Waals surface area (Å²) in [4.78, 5) is 0.271. The van der Waals surface area contributed by atoms with Crippen molar-refractivity contribution in [1.29, 1.82) is 0 Å². The van der Waals surface area contributed by atoms with E-state index in [1.54, 1.807) is 22.5 Å². The number of fused-ring (bicyclic) bond motifs is 2. The van der Waals surface area contributed by atoms with Gasteiger partial charge >= 0.3 is 0 Å². The fraction of sp³-hybridized carbons (Fsp3) is 0.625. The van der Waals surface area contributed by atoms with E-state index in [4.69, 9.17) is 14.2 Å². The van der Waals surface area contributed by atoms with Crippen LogP contribution in [0.1, 0.15) is 25.7 Å². The summed E-state index contributed by atoms with van der Waals surface area (Å²) in [6.07, 6.45) is 4.01. The largest absolute Gasteiger partial charge is 0.486 e. The minimum absolute atomic E-state index is 0.0319. The number of ether oxygens (including phenoxy) is 3. The predicted octanol–water partition coefficient (Wildman–Crippen LogP) is 1.79. The quantitative estimate of drug-likeness (QED) is 0.822. The van der Waals surface area contributed by atoms with Gasteiger partial charge in [0.2, 0.25) is 10.0 Å². The van der Waals surface area contributed by atoms with Gasteiger partial charge in [-0.15, -0.1) is 0 Å². The molecule has 2 aliphatic heterocycles. The van der Waals surface area contributed by atoms with Crippen LogP contribution >= 0.6 is 0 Å². The van der Waals surface area contributed by atoms with Crippen LogP contribution in [-0.2, 0) is 14.8 Å². The van der Waals surface area contributed by atoms with Crippen LogP contribution in [0, 0.1) is 0 Å². The van der Waals surface area contributed by atoms with Gasteiger partial charge in [-0.3, -0.25) is 0 Å². The van der Waals surface area contributed by atoms with Gasteiger partial charge in [-0.05, 0) is 25.0 Å². The highest BCUT2D eigenvalue weighted by Crippen LogP contribution is 2.36. The average molecular weight is 339 g/mol. The molecule has 0 spiro atoms. The Morgan fingerprint density at radius 3 is 2.65 bits per heavy atom. The molecule has 0 aromatic heterocycles.